The molecule has 178 valence electrons. The van der Waals surface area contributed by atoms with Gasteiger partial charge in [-0.05, 0) is 68.6 Å². The van der Waals surface area contributed by atoms with Gasteiger partial charge in [-0.15, -0.1) is 6.58 Å². The SMILES string of the molecule is C=CCCC(C)Cc1c(C)noc1-c1ccc(-c2ccc(C3(CC(=O)OCC)CC3)cc2)cc1. The lowest BCUT2D eigenvalue weighted by atomic mass is 9.90. The molecule has 1 aliphatic rings. The first-order valence-corrected chi connectivity index (χ1v) is 12.4. The molecule has 0 amide bonds. The number of aryl methyl sites for hydroxylation is 1. The van der Waals surface area contributed by atoms with Crippen molar-refractivity contribution in [1.29, 1.82) is 0 Å². The first-order valence-electron chi connectivity index (χ1n) is 12.4. The Kier molecular flexibility index (Phi) is 7.35. The summed E-state index contributed by atoms with van der Waals surface area (Å²) < 4.78 is 10.9. The van der Waals surface area contributed by atoms with Crippen LogP contribution in [0.5, 0.6) is 0 Å². The van der Waals surface area contributed by atoms with Crippen LogP contribution in [0.3, 0.4) is 0 Å². The summed E-state index contributed by atoms with van der Waals surface area (Å²) in [6.07, 6.45) is 7.64. The number of aromatic nitrogens is 1. The van der Waals surface area contributed by atoms with Gasteiger partial charge in [0.05, 0.1) is 18.7 Å². The zero-order chi connectivity index (χ0) is 24.1. The Morgan fingerprint density at radius 3 is 2.32 bits per heavy atom. The average molecular weight is 458 g/mol. The number of ether oxygens (including phenoxy) is 1. The third-order valence-corrected chi connectivity index (χ3v) is 7.02. The summed E-state index contributed by atoms with van der Waals surface area (Å²) >= 11 is 0. The van der Waals surface area contributed by atoms with E-state index in [1.165, 1.54) is 11.1 Å². The molecule has 4 heteroatoms. The Morgan fingerprint density at radius 2 is 1.74 bits per heavy atom. The van der Waals surface area contributed by atoms with Crippen molar-refractivity contribution in [2.75, 3.05) is 6.61 Å². The van der Waals surface area contributed by atoms with Crippen LogP contribution in [0.2, 0.25) is 0 Å². The minimum atomic E-state index is -0.100. The second-order valence-corrected chi connectivity index (χ2v) is 9.67. The highest BCUT2D eigenvalue weighted by molar-refractivity contribution is 5.73. The Labute approximate surface area is 203 Å². The molecule has 0 radical (unpaired) electrons. The molecular weight excluding hydrogens is 422 g/mol. The largest absolute Gasteiger partial charge is 0.466 e. The Balaban J connectivity index is 1.48. The number of hydrogen-bond donors (Lipinski definition) is 0. The molecule has 0 spiro atoms. The van der Waals surface area contributed by atoms with Gasteiger partial charge in [-0.2, -0.15) is 0 Å². The quantitative estimate of drug-likeness (QED) is 0.222. The van der Waals surface area contributed by atoms with Gasteiger partial charge in [0.15, 0.2) is 5.76 Å². The van der Waals surface area contributed by atoms with Crippen LogP contribution in [0.15, 0.2) is 65.7 Å². The van der Waals surface area contributed by atoms with Crippen molar-refractivity contribution in [3.63, 3.8) is 0 Å². The smallest absolute Gasteiger partial charge is 0.306 e. The first-order chi connectivity index (χ1) is 16.5. The van der Waals surface area contributed by atoms with Gasteiger partial charge in [0.25, 0.3) is 0 Å². The third kappa shape index (κ3) is 5.32. The van der Waals surface area contributed by atoms with E-state index in [4.69, 9.17) is 9.26 Å². The van der Waals surface area contributed by atoms with E-state index in [9.17, 15) is 4.79 Å². The van der Waals surface area contributed by atoms with Crippen molar-refractivity contribution < 1.29 is 14.1 Å². The van der Waals surface area contributed by atoms with Crippen LogP contribution in [-0.4, -0.2) is 17.7 Å². The maximum absolute atomic E-state index is 12.0. The summed E-state index contributed by atoms with van der Waals surface area (Å²) in [4.78, 5) is 12.0. The standard InChI is InChI=1S/C30H35NO3/c1-5-7-8-21(3)19-27-22(4)31-34-29(27)25-11-9-23(10-12-25)24-13-15-26(16-14-24)30(17-18-30)20-28(32)33-6-2/h5,9-16,21H,1,6-8,17-20H2,2-4H3. The fraction of sp³-hybridized carbons (Fsp3) is 0.400. The summed E-state index contributed by atoms with van der Waals surface area (Å²) in [7, 11) is 0. The molecule has 3 aromatic rings. The maximum Gasteiger partial charge on any atom is 0.306 e. The summed E-state index contributed by atoms with van der Waals surface area (Å²) in [6, 6.07) is 17.1. The molecule has 2 aromatic carbocycles. The molecule has 4 rings (SSSR count). The number of hydrogen-bond acceptors (Lipinski definition) is 4. The molecule has 1 saturated carbocycles. The van der Waals surface area contributed by atoms with Crippen LogP contribution in [0.1, 0.15) is 62.8 Å². The van der Waals surface area contributed by atoms with Crippen LogP contribution >= 0.6 is 0 Å². The lowest BCUT2D eigenvalue weighted by molar-refractivity contribution is -0.143. The van der Waals surface area contributed by atoms with Gasteiger partial charge in [-0.25, -0.2) is 0 Å². The van der Waals surface area contributed by atoms with Crippen LogP contribution < -0.4 is 0 Å². The van der Waals surface area contributed by atoms with E-state index in [-0.39, 0.29) is 11.4 Å². The fourth-order valence-corrected chi connectivity index (χ4v) is 4.75. The number of nitrogens with zero attached hydrogens (tertiary/aromatic N) is 1. The zero-order valence-corrected chi connectivity index (χ0v) is 20.6. The van der Waals surface area contributed by atoms with Gasteiger partial charge in [-0.3, -0.25) is 4.79 Å². The van der Waals surface area contributed by atoms with Crippen molar-refractivity contribution in [2.45, 2.75) is 64.7 Å². The maximum atomic E-state index is 12.0. The van der Waals surface area contributed by atoms with Gasteiger partial charge < -0.3 is 9.26 Å². The van der Waals surface area contributed by atoms with Gasteiger partial charge in [-0.1, -0.05) is 66.7 Å². The topological polar surface area (TPSA) is 52.3 Å². The molecular formula is C30H35NO3. The highest BCUT2D eigenvalue weighted by Crippen LogP contribution is 2.51. The molecule has 0 saturated heterocycles. The second-order valence-electron chi connectivity index (χ2n) is 9.67. The lowest BCUT2D eigenvalue weighted by Gasteiger charge is -2.15. The van der Waals surface area contributed by atoms with Gasteiger partial charge in [0.2, 0.25) is 0 Å². The summed E-state index contributed by atoms with van der Waals surface area (Å²) in [5.41, 5.74) is 6.74. The number of benzene rings is 2. The van der Waals surface area contributed by atoms with Gasteiger partial charge in [0, 0.05) is 16.5 Å². The van der Waals surface area contributed by atoms with Gasteiger partial charge >= 0.3 is 5.97 Å². The number of rotatable bonds is 11. The number of esters is 1. The highest BCUT2D eigenvalue weighted by atomic mass is 16.5. The Bertz CT molecular complexity index is 1120. The zero-order valence-electron chi connectivity index (χ0n) is 20.6. The molecule has 0 bridgehead atoms. The van der Waals surface area contributed by atoms with Gasteiger partial charge in [0.1, 0.15) is 0 Å². The van der Waals surface area contributed by atoms with E-state index >= 15 is 0 Å². The summed E-state index contributed by atoms with van der Waals surface area (Å²) in [6.45, 7) is 10.4. The third-order valence-electron chi connectivity index (χ3n) is 7.02. The minimum Gasteiger partial charge on any atom is -0.466 e. The van der Waals surface area contributed by atoms with E-state index in [1.807, 2.05) is 19.9 Å². The lowest BCUT2D eigenvalue weighted by Crippen LogP contribution is -2.15. The molecule has 1 atom stereocenters. The highest BCUT2D eigenvalue weighted by Gasteiger charge is 2.46. The van der Waals surface area contributed by atoms with Crippen LogP contribution in [0.4, 0.5) is 0 Å². The number of carbonyl (C=O) groups excluding carboxylic acids is 1. The van der Waals surface area contributed by atoms with Crippen molar-refractivity contribution in [3.05, 3.63) is 78.0 Å². The molecule has 0 N–H and O–H groups in total. The molecule has 1 fully saturated rings. The van der Waals surface area contributed by atoms with E-state index in [0.717, 1.165) is 60.2 Å². The van der Waals surface area contributed by atoms with E-state index in [0.29, 0.717) is 18.9 Å². The molecule has 34 heavy (non-hydrogen) atoms. The first kappa shape index (κ1) is 24.0. The fourth-order valence-electron chi connectivity index (χ4n) is 4.75. The summed E-state index contributed by atoms with van der Waals surface area (Å²) in [5.74, 6) is 1.32. The minimum absolute atomic E-state index is 0.0298. The molecule has 1 aliphatic carbocycles. The predicted molar refractivity (Wildman–Crippen MR) is 137 cm³/mol. The molecule has 1 unspecified atom stereocenters. The molecule has 0 aliphatic heterocycles. The van der Waals surface area contributed by atoms with E-state index in [1.54, 1.807) is 0 Å². The van der Waals surface area contributed by atoms with E-state index in [2.05, 4.69) is 67.2 Å². The Hall–Kier alpha value is -3.14. The van der Waals surface area contributed by atoms with Crippen LogP contribution in [0.25, 0.3) is 22.5 Å². The number of allylic oxidation sites excluding steroid dienone is 1. The molecule has 1 heterocycles. The van der Waals surface area contributed by atoms with Crippen molar-refractivity contribution in [1.82, 2.24) is 5.16 Å². The summed E-state index contributed by atoms with van der Waals surface area (Å²) in [5, 5.41) is 4.25. The van der Waals surface area contributed by atoms with Crippen molar-refractivity contribution in [2.24, 2.45) is 5.92 Å². The second kappa shape index (κ2) is 10.4. The van der Waals surface area contributed by atoms with Crippen molar-refractivity contribution in [3.8, 4) is 22.5 Å². The Morgan fingerprint density at radius 1 is 1.12 bits per heavy atom. The van der Waals surface area contributed by atoms with Crippen LogP contribution in [-0.2, 0) is 21.4 Å². The molecule has 4 nitrogen and oxygen atoms in total. The monoisotopic (exact) mass is 457 g/mol. The normalized spacial score (nSPS) is 15.0. The number of carbonyl (C=O) groups is 1. The van der Waals surface area contributed by atoms with Crippen molar-refractivity contribution >= 4 is 5.97 Å². The average Bonchev–Trinajstić information content (AvgIpc) is 3.54. The van der Waals surface area contributed by atoms with E-state index < -0.39 is 0 Å². The molecule has 1 aromatic heterocycles. The predicted octanol–water partition coefficient (Wildman–Crippen LogP) is 7.45. The van der Waals surface area contributed by atoms with Crippen LogP contribution in [0, 0.1) is 12.8 Å².